The van der Waals surface area contributed by atoms with Gasteiger partial charge >= 0.3 is 0 Å². The first kappa shape index (κ1) is 30.2. The maximum absolute atomic E-state index is 13.6. The van der Waals surface area contributed by atoms with Gasteiger partial charge in [-0.3, -0.25) is 9.59 Å². The molecule has 8 heteroatoms. The first-order valence-corrected chi connectivity index (χ1v) is 14.7. The first-order valence-electron chi connectivity index (χ1n) is 14.7. The van der Waals surface area contributed by atoms with Crippen LogP contribution in [0.15, 0.2) is 42.5 Å². The molecular formula is C32H45ClN4O3. The maximum Gasteiger partial charge on any atom is 0.266 e. The second-order valence-corrected chi connectivity index (χ2v) is 12.1. The van der Waals surface area contributed by atoms with E-state index in [0.717, 1.165) is 51.1 Å². The van der Waals surface area contributed by atoms with Crippen molar-refractivity contribution >= 4 is 29.9 Å². The number of amides is 2. The molecule has 2 amide bonds. The molecule has 0 aromatic heterocycles. The largest absolute Gasteiger partial charge is 0.478 e. The number of fused-ring (bicyclic) bond motifs is 1. The number of carbonyl (C=O) groups excluding carboxylic acids is 2. The molecule has 3 aliphatic rings. The predicted molar refractivity (Wildman–Crippen MR) is 162 cm³/mol. The molecule has 5 rings (SSSR count). The summed E-state index contributed by atoms with van der Waals surface area (Å²) < 4.78 is 6.26. The highest BCUT2D eigenvalue weighted by Crippen LogP contribution is 2.31. The molecule has 218 valence electrons. The third-order valence-electron chi connectivity index (χ3n) is 8.47. The maximum atomic E-state index is 13.6. The van der Waals surface area contributed by atoms with Gasteiger partial charge in [-0.25, -0.2) is 0 Å². The second kappa shape index (κ2) is 12.8. The second-order valence-electron chi connectivity index (χ2n) is 12.1. The number of hydrogen-bond donors (Lipinski definition) is 1. The van der Waals surface area contributed by atoms with Crippen molar-refractivity contribution in [2.75, 3.05) is 50.7 Å². The first-order chi connectivity index (χ1) is 18.7. The number of piperidine rings is 1. The molecule has 2 saturated heterocycles. The zero-order valence-corrected chi connectivity index (χ0v) is 25.3. The third kappa shape index (κ3) is 6.74. The number of nitrogens with zero attached hydrogens (tertiary/aromatic N) is 3. The average molecular weight is 569 g/mol. The van der Waals surface area contributed by atoms with Gasteiger partial charge < -0.3 is 24.8 Å². The fourth-order valence-electron chi connectivity index (χ4n) is 6.12. The van der Waals surface area contributed by atoms with Crippen LogP contribution in [0.5, 0.6) is 5.75 Å². The molecule has 3 heterocycles. The predicted octanol–water partition coefficient (Wildman–Crippen LogP) is 4.62. The Bertz CT molecular complexity index is 1190. The number of nitrogens with one attached hydrogen (secondary N) is 1. The minimum Gasteiger partial charge on any atom is -0.478 e. The summed E-state index contributed by atoms with van der Waals surface area (Å²) in [6, 6.07) is 14.8. The summed E-state index contributed by atoms with van der Waals surface area (Å²) in [4.78, 5) is 33.0. The number of piperazine rings is 1. The Labute approximate surface area is 245 Å². The van der Waals surface area contributed by atoms with E-state index in [4.69, 9.17) is 4.74 Å². The van der Waals surface area contributed by atoms with E-state index in [2.05, 4.69) is 53.2 Å². The molecule has 7 nitrogen and oxygen atoms in total. The van der Waals surface area contributed by atoms with Crippen molar-refractivity contribution in [1.29, 1.82) is 0 Å². The van der Waals surface area contributed by atoms with Crippen LogP contribution in [0.3, 0.4) is 0 Å². The smallest absolute Gasteiger partial charge is 0.266 e. The zero-order valence-electron chi connectivity index (χ0n) is 24.4. The number of rotatable bonds is 6. The van der Waals surface area contributed by atoms with Crippen molar-refractivity contribution in [2.24, 2.45) is 5.92 Å². The molecule has 1 N–H and O–H groups in total. The van der Waals surface area contributed by atoms with Crippen molar-refractivity contribution < 1.29 is 14.3 Å². The number of anilines is 1. The van der Waals surface area contributed by atoms with Crippen molar-refractivity contribution in [3.05, 3.63) is 59.2 Å². The van der Waals surface area contributed by atoms with Crippen LogP contribution in [0.25, 0.3) is 0 Å². The van der Waals surface area contributed by atoms with E-state index in [1.807, 2.05) is 36.9 Å². The molecule has 1 atom stereocenters. The van der Waals surface area contributed by atoms with Gasteiger partial charge in [0.15, 0.2) is 5.60 Å². The van der Waals surface area contributed by atoms with Crippen molar-refractivity contribution in [2.45, 2.75) is 65.0 Å². The summed E-state index contributed by atoms with van der Waals surface area (Å²) in [5.41, 5.74) is 4.15. The van der Waals surface area contributed by atoms with Crippen molar-refractivity contribution in [1.82, 2.24) is 15.1 Å². The molecule has 0 radical (unpaired) electrons. The fourth-order valence-corrected chi connectivity index (χ4v) is 6.12. The molecule has 3 aliphatic heterocycles. The molecule has 0 saturated carbocycles. The lowest BCUT2D eigenvalue weighted by molar-refractivity contribution is -0.146. The van der Waals surface area contributed by atoms with E-state index < -0.39 is 5.60 Å². The van der Waals surface area contributed by atoms with Gasteiger partial charge in [0.05, 0.1) is 5.92 Å². The lowest BCUT2D eigenvalue weighted by Gasteiger charge is -2.38. The molecule has 0 spiro atoms. The summed E-state index contributed by atoms with van der Waals surface area (Å²) in [6.45, 7) is 14.3. The van der Waals surface area contributed by atoms with E-state index in [1.54, 1.807) is 0 Å². The third-order valence-corrected chi connectivity index (χ3v) is 8.47. The quantitative estimate of drug-likeness (QED) is 0.551. The minimum atomic E-state index is -0.948. The Balaban J connectivity index is 0.00000370. The monoisotopic (exact) mass is 568 g/mol. The Morgan fingerprint density at radius 1 is 0.975 bits per heavy atom. The van der Waals surface area contributed by atoms with Crippen molar-refractivity contribution in [3.8, 4) is 5.75 Å². The zero-order chi connectivity index (χ0) is 27.6. The van der Waals surface area contributed by atoms with Crippen LogP contribution in [0.1, 0.15) is 63.1 Å². The molecule has 0 unspecified atom stereocenters. The van der Waals surface area contributed by atoms with Gasteiger partial charge in [-0.2, -0.15) is 0 Å². The molecular weight excluding hydrogens is 524 g/mol. The highest BCUT2D eigenvalue weighted by Gasteiger charge is 2.35. The minimum absolute atomic E-state index is 0. The van der Waals surface area contributed by atoms with Gasteiger partial charge in [0.25, 0.3) is 5.91 Å². The number of ether oxygens (including phenoxy) is 1. The van der Waals surface area contributed by atoms with Crippen LogP contribution in [-0.4, -0.2) is 73.0 Å². The molecule has 2 aromatic rings. The van der Waals surface area contributed by atoms with E-state index in [1.165, 1.54) is 16.7 Å². The van der Waals surface area contributed by atoms with Crippen LogP contribution >= 0.6 is 12.4 Å². The van der Waals surface area contributed by atoms with Crippen LogP contribution in [0, 0.1) is 5.92 Å². The van der Waals surface area contributed by atoms with E-state index in [0.29, 0.717) is 37.8 Å². The lowest BCUT2D eigenvalue weighted by Crippen LogP contribution is -2.54. The van der Waals surface area contributed by atoms with Crippen LogP contribution in [0.4, 0.5) is 5.69 Å². The van der Waals surface area contributed by atoms with E-state index in [9.17, 15) is 9.59 Å². The summed E-state index contributed by atoms with van der Waals surface area (Å²) >= 11 is 0. The molecule has 2 fully saturated rings. The molecule has 0 bridgehead atoms. The fraction of sp³-hybridized carbons (Fsp3) is 0.562. The van der Waals surface area contributed by atoms with Gasteiger partial charge in [0, 0.05) is 64.1 Å². The number of benzene rings is 2. The Morgan fingerprint density at radius 2 is 1.75 bits per heavy atom. The van der Waals surface area contributed by atoms with Gasteiger partial charge in [0.2, 0.25) is 5.91 Å². The van der Waals surface area contributed by atoms with E-state index >= 15 is 0 Å². The molecule has 0 aliphatic carbocycles. The highest BCUT2D eigenvalue weighted by molar-refractivity contribution is 5.85. The topological polar surface area (TPSA) is 65.1 Å². The average Bonchev–Trinajstić information content (AvgIpc) is 2.96. The number of halogens is 1. The SMILES string of the molecule is CC(C)c1ccc2c(c1)CCN(C(=O)[C@@H]1CCCN(c3cccc(OC(C)(C)C(=O)N4CCNCC4)c3)C1)C2.Cl. The van der Waals surface area contributed by atoms with Crippen molar-refractivity contribution in [3.63, 3.8) is 0 Å². The Hall–Kier alpha value is -2.77. The van der Waals surface area contributed by atoms with Crippen LogP contribution in [0.2, 0.25) is 0 Å². The van der Waals surface area contributed by atoms with Crippen LogP contribution in [-0.2, 0) is 22.6 Å². The van der Waals surface area contributed by atoms with Crippen LogP contribution < -0.4 is 15.0 Å². The highest BCUT2D eigenvalue weighted by atomic mass is 35.5. The van der Waals surface area contributed by atoms with Gasteiger partial charge in [-0.15, -0.1) is 12.4 Å². The van der Waals surface area contributed by atoms with Gasteiger partial charge in [-0.05, 0) is 67.9 Å². The lowest BCUT2D eigenvalue weighted by atomic mass is 9.91. The van der Waals surface area contributed by atoms with Gasteiger partial charge in [0.1, 0.15) is 5.75 Å². The number of carbonyl (C=O) groups is 2. The standard InChI is InChI=1S/C32H44N4O3.ClH/c1-23(2)24-10-11-26-21-36(16-12-25(26)19-24)30(37)27-7-6-15-35(22-27)28-8-5-9-29(20-28)39-32(3,4)31(38)34-17-13-33-14-18-34;/h5,8-11,19-20,23,27,33H,6-7,12-18,21-22H2,1-4H3;1H/t27-;/m1./s1. The Morgan fingerprint density at radius 3 is 2.50 bits per heavy atom. The summed E-state index contributed by atoms with van der Waals surface area (Å²) in [6.07, 6.45) is 2.84. The Kier molecular flexibility index (Phi) is 9.68. The summed E-state index contributed by atoms with van der Waals surface area (Å²) in [5, 5.41) is 3.29. The molecule has 40 heavy (non-hydrogen) atoms. The number of hydrogen-bond acceptors (Lipinski definition) is 5. The van der Waals surface area contributed by atoms with E-state index in [-0.39, 0.29) is 30.1 Å². The summed E-state index contributed by atoms with van der Waals surface area (Å²) in [7, 11) is 0. The normalized spacial score (nSPS) is 19.6. The van der Waals surface area contributed by atoms with Gasteiger partial charge in [-0.1, -0.05) is 38.1 Å². The summed E-state index contributed by atoms with van der Waals surface area (Å²) in [5.74, 6) is 1.48. The molecule has 2 aromatic carbocycles.